The summed E-state index contributed by atoms with van der Waals surface area (Å²) in [5, 5.41) is 5.37. The molecule has 0 bridgehead atoms. The van der Waals surface area contributed by atoms with Crippen molar-refractivity contribution < 1.29 is 14.4 Å². The number of hydrogen-bond donors (Lipinski definition) is 0. The molecule has 0 atom stereocenters. The average Bonchev–Trinajstić information content (AvgIpc) is 3.12. The molecule has 0 N–H and O–H groups in total. The summed E-state index contributed by atoms with van der Waals surface area (Å²) in [5.74, 6) is 0.410. The van der Waals surface area contributed by atoms with E-state index in [2.05, 4.69) is 20.1 Å². The molecule has 9 nitrogen and oxygen atoms in total. The first-order valence-electron chi connectivity index (χ1n) is 7.76. The molecule has 26 heavy (non-hydrogen) atoms. The van der Waals surface area contributed by atoms with Crippen LogP contribution in [0.3, 0.4) is 0 Å². The molecule has 0 saturated heterocycles. The fourth-order valence-electron chi connectivity index (χ4n) is 2.19. The molecule has 3 aromatic rings. The average molecular weight is 354 g/mol. The van der Waals surface area contributed by atoms with Gasteiger partial charge >= 0.3 is 5.91 Å². The van der Waals surface area contributed by atoms with Crippen LogP contribution in [0.5, 0.6) is 5.88 Å². The van der Waals surface area contributed by atoms with Gasteiger partial charge in [0.05, 0.1) is 26.1 Å². The summed E-state index contributed by atoms with van der Waals surface area (Å²) < 4.78 is 6.59. The Labute approximate surface area is 150 Å². The molecule has 3 aromatic heterocycles. The number of pyridine rings is 2. The fourth-order valence-corrected chi connectivity index (χ4v) is 2.19. The van der Waals surface area contributed by atoms with Crippen molar-refractivity contribution in [3.05, 3.63) is 48.0 Å². The van der Waals surface area contributed by atoms with Crippen LogP contribution in [-0.4, -0.2) is 57.0 Å². The Balaban J connectivity index is 2.11. The van der Waals surface area contributed by atoms with Crippen LogP contribution in [0.15, 0.2) is 36.7 Å². The minimum atomic E-state index is -0.471. The molecule has 3 heterocycles. The van der Waals surface area contributed by atoms with Crippen molar-refractivity contribution in [3.63, 3.8) is 0 Å². The van der Waals surface area contributed by atoms with Crippen LogP contribution in [0.4, 0.5) is 0 Å². The molecule has 0 aliphatic carbocycles. The van der Waals surface area contributed by atoms with Gasteiger partial charge in [-0.1, -0.05) is 6.07 Å². The highest BCUT2D eigenvalue weighted by Crippen LogP contribution is 2.21. The van der Waals surface area contributed by atoms with Crippen molar-refractivity contribution in [1.29, 1.82) is 0 Å². The standard InChI is InChI=1S/C17H18N6O3/c1-11-5-7-13(18-9-11)16-20-15(17(24)22(2)26-4)21-23(16)12-6-8-14(25-3)19-10-12/h5-10H,1-4H3. The number of hydroxylamine groups is 2. The number of hydrogen-bond acceptors (Lipinski definition) is 7. The maximum Gasteiger partial charge on any atom is 0.316 e. The number of carbonyl (C=O) groups is 1. The topological polar surface area (TPSA) is 95.3 Å². The van der Waals surface area contributed by atoms with Crippen molar-refractivity contribution in [1.82, 2.24) is 29.8 Å². The molecule has 0 aromatic carbocycles. The third-order valence-electron chi connectivity index (χ3n) is 3.67. The Morgan fingerprint density at radius 3 is 2.50 bits per heavy atom. The summed E-state index contributed by atoms with van der Waals surface area (Å²) in [5.41, 5.74) is 2.22. The second-order valence-corrected chi connectivity index (χ2v) is 5.44. The molecule has 3 rings (SSSR count). The molecule has 0 radical (unpaired) electrons. The van der Waals surface area contributed by atoms with Crippen LogP contribution in [0.25, 0.3) is 17.2 Å². The van der Waals surface area contributed by atoms with Crippen LogP contribution in [0, 0.1) is 6.92 Å². The Morgan fingerprint density at radius 1 is 1.12 bits per heavy atom. The van der Waals surface area contributed by atoms with Crippen molar-refractivity contribution >= 4 is 5.91 Å². The third-order valence-corrected chi connectivity index (χ3v) is 3.67. The Morgan fingerprint density at radius 2 is 1.92 bits per heavy atom. The number of nitrogens with zero attached hydrogens (tertiary/aromatic N) is 6. The van der Waals surface area contributed by atoms with E-state index in [0.717, 1.165) is 10.6 Å². The minimum Gasteiger partial charge on any atom is -0.481 e. The van der Waals surface area contributed by atoms with Crippen LogP contribution in [-0.2, 0) is 4.84 Å². The zero-order chi connectivity index (χ0) is 18.7. The van der Waals surface area contributed by atoms with Gasteiger partial charge in [0.2, 0.25) is 11.7 Å². The van der Waals surface area contributed by atoms with Gasteiger partial charge in [0.1, 0.15) is 5.69 Å². The first-order chi connectivity index (χ1) is 12.5. The van der Waals surface area contributed by atoms with Crippen LogP contribution in [0.1, 0.15) is 16.2 Å². The number of rotatable bonds is 5. The lowest BCUT2D eigenvalue weighted by atomic mass is 10.2. The van der Waals surface area contributed by atoms with Crippen molar-refractivity contribution in [2.75, 3.05) is 21.3 Å². The highest BCUT2D eigenvalue weighted by Gasteiger charge is 2.22. The predicted octanol–water partition coefficient (Wildman–Crippen LogP) is 1.67. The monoisotopic (exact) mass is 354 g/mol. The molecule has 0 unspecified atom stereocenters. The zero-order valence-corrected chi connectivity index (χ0v) is 14.9. The lowest BCUT2D eigenvalue weighted by molar-refractivity contribution is -0.0764. The number of carbonyl (C=O) groups excluding carboxylic acids is 1. The molecule has 1 amide bonds. The molecule has 0 spiro atoms. The van der Waals surface area contributed by atoms with Crippen LogP contribution in [0.2, 0.25) is 0 Å². The molecule has 0 saturated carbocycles. The Kier molecular flexibility index (Phi) is 4.90. The van der Waals surface area contributed by atoms with Crippen molar-refractivity contribution in [3.8, 4) is 23.1 Å². The fraction of sp³-hybridized carbons (Fsp3) is 0.235. The SMILES string of the molecule is COc1ccc(-n2nc(C(=O)N(C)OC)nc2-c2ccc(C)cn2)cn1. The van der Waals surface area contributed by atoms with Gasteiger partial charge < -0.3 is 4.74 Å². The van der Waals surface area contributed by atoms with Gasteiger partial charge in [-0.2, -0.15) is 0 Å². The van der Waals surface area contributed by atoms with E-state index in [0.29, 0.717) is 23.1 Å². The van der Waals surface area contributed by atoms with Crippen LogP contribution < -0.4 is 4.74 Å². The van der Waals surface area contributed by atoms with E-state index in [-0.39, 0.29) is 5.82 Å². The number of amides is 1. The molecule has 134 valence electrons. The largest absolute Gasteiger partial charge is 0.481 e. The van der Waals surface area contributed by atoms with Crippen LogP contribution >= 0.6 is 0 Å². The first-order valence-corrected chi connectivity index (χ1v) is 7.76. The van der Waals surface area contributed by atoms with Gasteiger partial charge in [-0.3, -0.25) is 14.6 Å². The van der Waals surface area contributed by atoms with E-state index in [1.54, 1.807) is 24.5 Å². The number of aromatic nitrogens is 5. The molecular weight excluding hydrogens is 336 g/mol. The van der Waals surface area contributed by atoms with Crippen molar-refractivity contribution in [2.45, 2.75) is 6.92 Å². The zero-order valence-electron chi connectivity index (χ0n) is 14.9. The molecule has 0 aliphatic heterocycles. The normalized spacial score (nSPS) is 10.6. The highest BCUT2D eigenvalue weighted by atomic mass is 16.7. The quantitative estimate of drug-likeness (QED) is 0.643. The van der Waals surface area contributed by atoms with Gasteiger partial charge in [0, 0.05) is 19.3 Å². The third kappa shape index (κ3) is 3.38. The number of ether oxygens (including phenoxy) is 1. The van der Waals surface area contributed by atoms with E-state index in [4.69, 9.17) is 9.57 Å². The summed E-state index contributed by atoms with van der Waals surface area (Å²) >= 11 is 0. The summed E-state index contributed by atoms with van der Waals surface area (Å²) in [6.45, 7) is 1.94. The van der Waals surface area contributed by atoms with Gasteiger partial charge in [-0.05, 0) is 24.6 Å². The van der Waals surface area contributed by atoms with Crippen molar-refractivity contribution in [2.24, 2.45) is 0 Å². The molecule has 0 aliphatic rings. The van der Waals surface area contributed by atoms with E-state index >= 15 is 0 Å². The lowest BCUT2D eigenvalue weighted by Crippen LogP contribution is -2.26. The van der Waals surface area contributed by atoms with E-state index in [1.807, 2.05) is 19.1 Å². The van der Waals surface area contributed by atoms with Gasteiger partial charge in [-0.15, -0.1) is 5.10 Å². The summed E-state index contributed by atoms with van der Waals surface area (Å²) in [6, 6.07) is 7.20. The first kappa shape index (κ1) is 17.5. The summed E-state index contributed by atoms with van der Waals surface area (Å²) in [7, 11) is 4.42. The highest BCUT2D eigenvalue weighted by molar-refractivity contribution is 5.90. The summed E-state index contributed by atoms with van der Waals surface area (Å²) in [4.78, 5) is 30.2. The second-order valence-electron chi connectivity index (χ2n) is 5.44. The second kappa shape index (κ2) is 7.28. The molecule has 0 fully saturated rings. The predicted molar refractivity (Wildman–Crippen MR) is 92.8 cm³/mol. The van der Waals surface area contributed by atoms with Gasteiger partial charge in [0.25, 0.3) is 0 Å². The maximum atomic E-state index is 12.4. The lowest BCUT2D eigenvalue weighted by Gasteiger charge is -2.10. The number of aryl methyl sites for hydroxylation is 1. The van der Waals surface area contributed by atoms with Gasteiger partial charge in [0.15, 0.2) is 5.82 Å². The summed E-state index contributed by atoms with van der Waals surface area (Å²) in [6.07, 6.45) is 3.31. The number of methoxy groups -OCH3 is 1. The van der Waals surface area contributed by atoms with E-state index in [1.165, 1.54) is 25.9 Å². The Bertz CT molecular complexity index is 905. The van der Waals surface area contributed by atoms with E-state index < -0.39 is 5.91 Å². The molecule has 9 heteroatoms. The smallest absolute Gasteiger partial charge is 0.316 e. The Hall–Kier alpha value is -3.33. The maximum absolute atomic E-state index is 12.4. The minimum absolute atomic E-state index is 0.0115. The molecular formula is C17H18N6O3. The van der Waals surface area contributed by atoms with Gasteiger partial charge in [-0.25, -0.2) is 19.7 Å². The van der Waals surface area contributed by atoms with E-state index in [9.17, 15) is 4.79 Å².